The van der Waals surface area contributed by atoms with Crippen LogP contribution >= 0.6 is 0 Å². The topological polar surface area (TPSA) is 111 Å². The minimum Gasteiger partial charge on any atom is -0.393 e. The fourth-order valence-electron chi connectivity index (χ4n) is 1.45. The molecule has 0 aromatic carbocycles. The molecular formula is C11H16N6O2. The first kappa shape index (κ1) is 13.1. The van der Waals surface area contributed by atoms with Crippen molar-refractivity contribution in [2.24, 2.45) is 0 Å². The van der Waals surface area contributed by atoms with Gasteiger partial charge in [-0.1, -0.05) is 5.16 Å². The van der Waals surface area contributed by atoms with Crippen LogP contribution in [0.5, 0.6) is 0 Å². The molecule has 4 N–H and O–H groups in total. The first-order chi connectivity index (χ1) is 9.20. The summed E-state index contributed by atoms with van der Waals surface area (Å²) in [7, 11) is 1.63. The first-order valence-electron chi connectivity index (χ1n) is 5.74. The lowest BCUT2D eigenvalue weighted by Crippen LogP contribution is -2.12. The summed E-state index contributed by atoms with van der Waals surface area (Å²) in [5.74, 6) is 2.28. The monoisotopic (exact) mass is 264 g/mol. The van der Waals surface area contributed by atoms with Crippen molar-refractivity contribution in [2.75, 3.05) is 36.6 Å². The number of nitrogens with one attached hydrogen (secondary N) is 2. The molecule has 2 rings (SSSR count). The van der Waals surface area contributed by atoms with E-state index in [0.29, 0.717) is 42.1 Å². The van der Waals surface area contributed by atoms with Crippen molar-refractivity contribution < 1.29 is 9.26 Å². The van der Waals surface area contributed by atoms with E-state index < -0.39 is 0 Å². The van der Waals surface area contributed by atoms with E-state index in [1.807, 2.05) is 0 Å². The second kappa shape index (κ2) is 6.01. The van der Waals surface area contributed by atoms with Crippen LogP contribution in [-0.4, -0.2) is 35.4 Å². The molecule has 19 heavy (non-hydrogen) atoms. The number of hydrogen-bond donors (Lipinski definition) is 3. The van der Waals surface area contributed by atoms with E-state index in [2.05, 4.69) is 25.8 Å². The van der Waals surface area contributed by atoms with Crippen molar-refractivity contribution in [3.63, 3.8) is 0 Å². The quantitative estimate of drug-likeness (QED) is 0.666. The zero-order chi connectivity index (χ0) is 13.7. The summed E-state index contributed by atoms with van der Waals surface area (Å²) in [6, 6.07) is 1.75. The molecule has 2 heterocycles. The van der Waals surface area contributed by atoms with Gasteiger partial charge in [0.1, 0.15) is 17.8 Å². The first-order valence-corrected chi connectivity index (χ1v) is 5.74. The van der Waals surface area contributed by atoms with Gasteiger partial charge in [0.25, 0.3) is 0 Å². The van der Waals surface area contributed by atoms with E-state index in [4.69, 9.17) is 15.0 Å². The number of nitrogen functional groups attached to an aromatic ring is 1. The lowest BCUT2D eigenvalue weighted by Gasteiger charge is -2.10. The Hall–Kier alpha value is -2.35. The van der Waals surface area contributed by atoms with Crippen LogP contribution in [0.15, 0.2) is 16.9 Å². The number of nitrogens with zero attached hydrogens (tertiary/aromatic N) is 3. The molecule has 0 radical (unpaired) electrons. The van der Waals surface area contributed by atoms with Gasteiger partial charge in [0.05, 0.1) is 6.61 Å². The fraction of sp³-hybridized carbons (Fsp3) is 0.364. The van der Waals surface area contributed by atoms with E-state index in [-0.39, 0.29) is 0 Å². The van der Waals surface area contributed by atoms with Crippen molar-refractivity contribution in [2.45, 2.75) is 6.92 Å². The van der Waals surface area contributed by atoms with E-state index in [9.17, 15) is 0 Å². The van der Waals surface area contributed by atoms with Crippen LogP contribution in [0.2, 0.25) is 0 Å². The van der Waals surface area contributed by atoms with Crippen molar-refractivity contribution in [1.29, 1.82) is 0 Å². The van der Waals surface area contributed by atoms with E-state index >= 15 is 0 Å². The molecular weight excluding hydrogens is 248 g/mol. The summed E-state index contributed by atoms with van der Waals surface area (Å²) in [5, 5.41) is 9.85. The maximum atomic E-state index is 5.97. The summed E-state index contributed by atoms with van der Waals surface area (Å²) in [6.07, 6.45) is 1.42. The molecule has 0 aliphatic heterocycles. The Labute approximate surface area is 110 Å². The van der Waals surface area contributed by atoms with Gasteiger partial charge in [-0.25, -0.2) is 9.97 Å². The van der Waals surface area contributed by atoms with Gasteiger partial charge < -0.3 is 25.6 Å². The lowest BCUT2D eigenvalue weighted by molar-refractivity contribution is 0.210. The third-order valence-electron chi connectivity index (χ3n) is 2.36. The molecule has 0 aliphatic rings. The van der Waals surface area contributed by atoms with Crippen LogP contribution in [0.4, 0.5) is 23.1 Å². The number of ether oxygens (including phenoxy) is 1. The maximum Gasteiger partial charge on any atom is 0.175 e. The summed E-state index contributed by atoms with van der Waals surface area (Å²) in [6.45, 7) is 2.98. The Morgan fingerprint density at radius 2 is 2.16 bits per heavy atom. The maximum absolute atomic E-state index is 5.97. The molecule has 0 aliphatic carbocycles. The molecule has 0 spiro atoms. The second-order valence-electron chi connectivity index (χ2n) is 3.85. The minimum atomic E-state index is 0.416. The van der Waals surface area contributed by atoms with E-state index in [1.165, 1.54) is 6.33 Å². The molecule has 8 heteroatoms. The number of anilines is 4. The zero-order valence-electron chi connectivity index (χ0n) is 10.8. The Kier molecular flexibility index (Phi) is 4.14. The van der Waals surface area contributed by atoms with Crippen LogP contribution < -0.4 is 16.4 Å². The standard InChI is InChI=1S/C11H16N6O2/c1-7-5-8(17-19-7)16-11-9(12)10(14-6-15-11)13-3-4-18-2/h5-6H,3-4,12H2,1-2H3,(H2,13,14,15,16,17). The highest BCUT2D eigenvalue weighted by molar-refractivity contribution is 5.76. The minimum absolute atomic E-state index is 0.416. The fourth-order valence-corrected chi connectivity index (χ4v) is 1.45. The van der Waals surface area contributed by atoms with Crippen molar-refractivity contribution in [3.8, 4) is 0 Å². The van der Waals surface area contributed by atoms with Gasteiger partial charge in [-0.05, 0) is 6.92 Å². The Morgan fingerprint density at radius 1 is 1.37 bits per heavy atom. The van der Waals surface area contributed by atoms with Gasteiger partial charge >= 0.3 is 0 Å². The number of aryl methyl sites for hydroxylation is 1. The SMILES string of the molecule is COCCNc1ncnc(Nc2cc(C)on2)c1N. The highest BCUT2D eigenvalue weighted by Gasteiger charge is 2.09. The number of rotatable bonds is 6. The summed E-state index contributed by atoms with van der Waals surface area (Å²) >= 11 is 0. The third-order valence-corrected chi connectivity index (χ3v) is 2.36. The number of hydrogen-bond acceptors (Lipinski definition) is 8. The molecule has 0 bridgehead atoms. The Balaban J connectivity index is 2.10. The average molecular weight is 264 g/mol. The van der Waals surface area contributed by atoms with Gasteiger partial charge in [-0.2, -0.15) is 0 Å². The van der Waals surface area contributed by atoms with Crippen LogP contribution in [-0.2, 0) is 4.74 Å². The lowest BCUT2D eigenvalue weighted by atomic mass is 10.4. The molecule has 0 saturated heterocycles. The van der Waals surface area contributed by atoms with E-state index in [0.717, 1.165) is 0 Å². The second-order valence-corrected chi connectivity index (χ2v) is 3.85. The summed E-state index contributed by atoms with van der Waals surface area (Å²) in [5.41, 5.74) is 6.39. The molecule has 0 unspecified atom stereocenters. The summed E-state index contributed by atoms with van der Waals surface area (Å²) in [4.78, 5) is 8.14. The van der Waals surface area contributed by atoms with Crippen molar-refractivity contribution in [1.82, 2.24) is 15.1 Å². The Bertz CT molecular complexity index is 542. The largest absolute Gasteiger partial charge is 0.393 e. The van der Waals surface area contributed by atoms with Crippen molar-refractivity contribution in [3.05, 3.63) is 18.2 Å². The molecule has 0 atom stereocenters. The predicted octanol–water partition coefficient (Wildman–Crippen LogP) is 1.16. The Morgan fingerprint density at radius 3 is 2.84 bits per heavy atom. The third kappa shape index (κ3) is 3.32. The highest BCUT2D eigenvalue weighted by atomic mass is 16.5. The molecule has 102 valence electrons. The van der Waals surface area contributed by atoms with Crippen LogP contribution in [0.1, 0.15) is 5.76 Å². The number of aromatic nitrogens is 3. The molecule has 0 fully saturated rings. The van der Waals surface area contributed by atoms with Gasteiger partial charge in [0.15, 0.2) is 17.5 Å². The molecule has 0 saturated carbocycles. The smallest absolute Gasteiger partial charge is 0.175 e. The summed E-state index contributed by atoms with van der Waals surface area (Å²) < 4.78 is 9.90. The molecule has 2 aromatic rings. The predicted molar refractivity (Wildman–Crippen MR) is 71.3 cm³/mol. The van der Waals surface area contributed by atoms with Crippen molar-refractivity contribution >= 4 is 23.1 Å². The molecule has 2 aromatic heterocycles. The molecule has 0 amide bonds. The highest BCUT2D eigenvalue weighted by Crippen LogP contribution is 2.25. The number of methoxy groups -OCH3 is 1. The number of nitrogens with two attached hydrogens (primary N) is 1. The van der Waals surface area contributed by atoms with E-state index in [1.54, 1.807) is 20.1 Å². The normalized spacial score (nSPS) is 10.4. The van der Waals surface area contributed by atoms with Gasteiger partial charge in [0, 0.05) is 19.7 Å². The average Bonchev–Trinajstić information content (AvgIpc) is 2.80. The van der Waals surface area contributed by atoms with Crippen LogP contribution in [0, 0.1) is 6.92 Å². The van der Waals surface area contributed by atoms with Crippen LogP contribution in [0.3, 0.4) is 0 Å². The van der Waals surface area contributed by atoms with Gasteiger partial charge in [0.2, 0.25) is 0 Å². The molecule has 8 nitrogen and oxygen atoms in total. The van der Waals surface area contributed by atoms with Gasteiger partial charge in [-0.15, -0.1) is 0 Å². The van der Waals surface area contributed by atoms with Gasteiger partial charge in [-0.3, -0.25) is 0 Å². The van der Waals surface area contributed by atoms with Crippen LogP contribution in [0.25, 0.3) is 0 Å². The zero-order valence-corrected chi connectivity index (χ0v) is 10.8.